The molecule has 3 rings (SSSR count). The highest BCUT2D eigenvalue weighted by Gasteiger charge is 2.37. The van der Waals surface area contributed by atoms with Gasteiger partial charge in [0.05, 0.1) is 5.54 Å². The van der Waals surface area contributed by atoms with Gasteiger partial charge in [0.2, 0.25) is 0 Å². The Bertz CT molecular complexity index is 504. The van der Waals surface area contributed by atoms with Crippen LogP contribution in [0.5, 0.6) is 0 Å². The molecule has 1 aromatic heterocycles. The van der Waals surface area contributed by atoms with E-state index in [0.29, 0.717) is 0 Å². The molecule has 1 aromatic carbocycles. The monoisotopic (exact) mass is 325 g/mol. The van der Waals surface area contributed by atoms with E-state index in [1.54, 1.807) is 11.3 Å². The zero-order valence-electron chi connectivity index (χ0n) is 9.15. The molecule has 2 heterocycles. The molecule has 1 unspecified atom stereocenters. The molecule has 1 nitrogen and oxygen atoms in total. The molecule has 0 bridgehead atoms. The Morgan fingerprint density at radius 3 is 2.82 bits per heavy atom. The van der Waals surface area contributed by atoms with Gasteiger partial charge in [-0.15, -0.1) is 11.8 Å². The molecule has 1 aliphatic heterocycles. The number of hydrogen-bond acceptors (Lipinski definition) is 3. The second kappa shape index (κ2) is 4.76. The maximum Gasteiger partial charge on any atom is 0.0797 e. The van der Waals surface area contributed by atoms with Crippen LogP contribution in [-0.2, 0) is 5.54 Å². The van der Waals surface area contributed by atoms with Crippen LogP contribution in [-0.4, -0.2) is 11.6 Å². The minimum atomic E-state index is -0.00551. The molecule has 1 N–H and O–H groups in total. The largest absolute Gasteiger partial charge is 0.294 e. The summed E-state index contributed by atoms with van der Waals surface area (Å²) in [6.07, 6.45) is 0. The van der Waals surface area contributed by atoms with Gasteiger partial charge in [-0.2, -0.15) is 11.3 Å². The molecule has 88 valence electrons. The predicted octanol–water partition coefficient (Wildman–Crippen LogP) is 4.05. The lowest BCUT2D eigenvalue weighted by Crippen LogP contribution is -2.39. The predicted molar refractivity (Wildman–Crippen MR) is 79.7 cm³/mol. The molecule has 4 heteroatoms. The van der Waals surface area contributed by atoms with Gasteiger partial charge in [-0.1, -0.05) is 28.1 Å². The Hall–Kier alpha value is -0.290. The SMILES string of the molecule is Brc1cccc(C2(c3ccsc3)CSCN2)c1. The summed E-state index contributed by atoms with van der Waals surface area (Å²) >= 11 is 7.29. The molecule has 1 fully saturated rings. The number of thiophene rings is 1. The molecule has 0 aliphatic carbocycles. The first-order chi connectivity index (χ1) is 8.31. The van der Waals surface area contributed by atoms with Gasteiger partial charge in [-0.3, -0.25) is 5.32 Å². The summed E-state index contributed by atoms with van der Waals surface area (Å²) in [5.74, 6) is 2.11. The fourth-order valence-electron chi connectivity index (χ4n) is 2.23. The summed E-state index contributed by atoms with van der Waals surface area (Å²) in [6.45, 7) is 0. The maximum absolute atomic E-state index is 3.66. The number of nitrogens with one attached hydrogen (secondary N) is 1. The molecule has 0 radical (unpaired) electrons. The van der Waals surface area contributed by atoms with Crippen molar-refractivity contribution < 1.29 is 0 Å². The van der Waals surface area contributed by atoms with Gasteiger partial charge in [0, 0.05) is 16.1 Å². The van der Waals surface area contributed by atoms with Crippen molar-refractivity contribution in [3.63, 3.8) is 0 Å². The number of thioether (sulfide) groups is 1. The number of rotatable bonds is 2. The third kappa shape index (κ3) is 2.08. The molecule has 2 aromatic rings. The molecule has 1 saturated heterocycles. The lowest BCUT2D eigenvalue weighted by Gasteiger charge is -2.29. The fraction of sp³-hybridized carbons (Fsp3) is 0.231. The minimum Gasteiger partial charge on any atom is -0.294 e. The van der Waals surface area contributed by atoms with Crippen molar-refractivity contribution in [2.24, 2.45) is 0 Å². The molecule has 1 aliphatic rings. The van der Waals surface area contributed by atoms with Crippen LogP contribution in [0.1, 0.15) is 11.1 Å². The summed E-state index contributed by atoms with van der Waals surface area (Å²) in [4.78, 5) is 0. The van der Waals surface area contributed by atoms with E-state index in [4.69, 9.17) is 0 Å². The van der Waals surface area contributed by atoms with Gasteiger partial charge in [-0.25, -0.2) is 0 Å². The number of halogens is 1. The van der Waals surface area contributed by atoms with E-state index in [-0.39, 0.29) is 5.54 Å². The van der Waals surface area contributed by atoms with E-state index in [2.05, 4.69) is 62.3 Å². The summed E-state index contributed by atoms with van der Waals surface area (Å²) in [7, 11) is 0. The van der Waals surface area contributed by atoms with E-state index < -0.39 is 0 Å². The first-order valence-electron chi connectivity index (χ1n) is 5.43. The second-order valence-electron chi connectivity index (χ2n) is 4.10. The van der Waals surface area contributed by atoms with Crippen LogP contribution in [0.2, 0.25) is 0 Å². The van der Waals surface area contributed by atoms with E-state index >= 15 is 0 Å². The van der Waals surface area contributed by atoms with Crippen molar-refractivity contribution in [3.8, 4) is 0 Å². The van der Waals surface area contributed by atoms with Crippen molar-refractivity contribution in [1.82, 2.24) is 5.32 Å². The average molecular weight is 326 g/mol. The molecule has 0 amide bonds. The Morgan fingerprint density at radius 2 is 2.18 bits per heavy atom. The van der Waals surface area contributed by atoms with Gasteiger partial charge in [-0.05, 0) is 40.1 Å². The van der Waals surface area contributed by atoms with Crippen molar-refractivity contribution in [2.75, 3.05) is 11.6 Å². The van der Waals surface area contributed by atoms with Crippen molar-refractivity contribution in [1.29, 1.82) is 0 Å². The normalized spacial score (nSPS) is 24.1. The molecule has 0 spiro atoms. The Morgan fingerprint density at radius 1 is 1.24 bits per heavy atom. The second-order valence-corrected chi connectivity index (χ2v) is 6.78. The molecule has 1 atom stereocenters. The summed E-state index contributed by atoms with van der Waals surface area (Å²) in [5, 5.41) is 8.07. The Kier molecular flexibility index (Phi) is 3.30. The van der Waals surface area contributed by atoms with Crippen LogP contribution < -0.4 is 5.32 Å². The van der Waals surface area contributed by atoms with E-state index in [1.165, 1.54) is 11.1 Å². The quantitative estimate of drug-likeness (QED) is 0.894. The van der Waals surface area contributed by atoms with E-state index in [9.17, 15) is 0 Å². The number of hydrogen-bond donors (Lipinski definition) is 1. The highest BCUT2D eigenvalue weighted by molar-refractivity contribution is 9.10. The van der Waals surface area contributed by atoms with Crippen LogP contribution in [0.4, 0.5) is 0 Å². The van der Waals surface area contributed by atoms with Crippen molar-refractivity contribution in [3.05, 3.63) is 56.7 Å². The van der Waals surface area contributed by atoms with Gasteiger partial charge in [0.1, 0.15) is 0 Å². The third-order valence-electron chi connectivity index (χ3n) is 3.13. The van der Waals surface area contributed by atoms with Crippen LogP contribution in [0.15, 0.2) is 45.6 Å². The maximum atomic E-state index is 3.66. The summed E-state index contributed by atoms with van der Waals surface area (Å²) in [6, 6.07) is 10.8. The molecular weight excluding hydrogens is 314 g/mol. The smallest absolute Gasteiger partial charge is 0.0797 e. The van der Waals surface area contributed by atoms with Crippen LogP contribution >= 0.6 is 39.0 Å². The molecular formula is C13H12BrNS2. The van der Waals surface area contributed by atoms with E-state index in [0.717, 1.165) is 16.1 Å². The standard InChI is InChI=1S/C13H12BrNS2/c14-12-3-1-2-10(6-12)13(8-17-9-15-13)11-4-5-16-7-11/h1-7,15H,8-9H2. The zero-order chi connectivity index (χ0) is 11.7. The van der Waals surface area contributed by atoms with E-state index in [1.807, 2.05) is 11.8 Å². The first kappa shape index (κ1) is 11.8. The average Bonchev–Trinajstić information content (AvgIpc) is 3.01. The van der Waals surface area contributed by atoms with Crippen molar-refractivity contribution in [2.45, 2.75) is 5.54 Å². The first-order valence-corrected chi connectivity index (χ1v) is 8.32. The van der Waals surface area contributed by atoms with Gasteiger partial charge in [0.15, 0.2) is 0 Å². The zero-order valence-corrected chi connectivity index (χ0v) is 12.4. The van der Waals surface area contributed by atoms with Crippen LogP contribution in [0.25, 0.3) is 0 Å². The number of benzene rings is 1. The molecule has 17 heavy (non-hydrogen) atoms. The lowest BCUT2D eigenvalue weighted by atomic mass is 9.86. The topological polar surface area (TPSA) is 12.0 Å². The lowest BCUT2D eigenvalue weighted by molar-refractivity contribution is 0.509. The highest BCUT2D eigenvalue weighted by atomic mass is 79.9. The minimum absolute atomic E-state index is 0.00551. The van der Waals surface area contributed by atoms with Gasteiger partial charge in [0.25, 0.3) is 0 Å². The Labute approximate surface area is 118 Å². The van der Waals surface area contributed by atoms with Gasteiger partial charge >= 0.3 is 0 Å². The molecule has 0 saturated carbocycles. The van der Waals surface area contributed by atoms with Crippen LogP contribution in [0.3, 0.4) is 0 Å². The van der Waals surface area contributed by atoms with Crippen molar-refractivity contribution >= 4 is 39.0 Å². The summed E-state index contributed by atoms with van der Waals surface area (Å²) < 4.78 is 1.14. The summed E-state index contributed by atoms with van der Waals surface area (Å²) in [5.41, 5.74) is 2.72. The highest BCUT2D eigenvalue weighted by Crippen LogP contribution is 2.39. The van der Waals surface area contributed by atoms with Gasteiger partial charge < -0.3 is 0 Å². The fourth-order valence-corrected chi connectivity index (χ4v) is 4.55. The van der Waals surface area contributed by atoms with Crippen LogP contribution in [0, 0.1) is 0 Å². The Balaban J connectivity index is 2.12. The third-order valence-corrected chi connectivity index (χ3v) is 5.29.